The smallest absolute Gasteiger partial charge is 0.0297 e. The predicted molar refractivity (Wildman–Crippen MR) is 64.9 cm³/mol. The maximum atomic E-state index is 6.14. The third kappa shape index (κ3) is 2.40. The van der Waals surface area contributed by atoms with Crippen LogP contribution in [0.3, 0.4) is 0 Å². The summed E-state index contributed by atoms with van der Waals surface area (Å²) in [6.45, 7) is 2.24. The number of rotatable bonds is 3. The molecule has 1 aromatic rings. The molecule has 82 valence electrons. The Morgan fingerprint density at radius 3 is 3.07 bits per heavy atom. The molecule has 1 aromatic carbocycles. The Bertz CT molecular complexity index is 330. The standard InChI is InChI=1S/C14H21N/c1-2-3-5-11-8-9-12-6-4-7-14(15)13(12)10-11/h8-10,14H,2-7,15H2,1H3/t14-/m0/s1. The summed E-state index contributed by atoms with van der Waals surface area (Å²) in [7, 11) is 0. The van der Waals surface area contributed by atoms with Crippen LogP contribution in [0.4, 0.5) is 0 Å². The van der Waals surface area contributed by atoms with Crippen LogP contribution in [-0.2, 0) is 12.8 Å². The van der Waals surface area contributed by atoms with Crippen LogP contribution in [0, 0.1) is 0 Å². The van der Waals surface area contributed by atoms with Crippen LogP contribution in [0.5, 0.6) is 0 Å². The summed E-state index contributed by atoms with van der Waals surface area (Å²) < 4.78 is 0. The summed E-state index contributed by atoms with van der Waals surface area (Å²) in [6.07, 6.45) is 7.39. The van der Waals surface area contributed by atoms with Crippen molar-refractivity contribution in [2.24, 2.45) is 5.73 Å². The van der Waals surface area contributed by atoms with Crippen molar-refractivity contribution in [2.75, 3.05) is 0 Å². The molecule has 1 aliphatic carbocycles. The van der Waals surface area contributed by atoms with Crippen molar-refractivity contribution in [1.29, 1.82) is 0 Å². The molecule has 0 amide bonds. The number of benzene rings is 1. The van der Waals surface area contributed by atoms with Gasteiger partial charge in [-0.25, -0.2) is 0 Å². The van der Waals surface area contributed by atoms with E-state index in [0.29, 0.717) is 0 Å². The molecule has 1 aliphatic rings. The Balaban J connectivity index is 2.19. The number of hydrogen-bond acceptors (Lipinski definition) is 1. The molecule has 0 unspecified atom stereocenters. The number of unbranched alkanes of at least 4 members (excludes halogenated alkanes) is 1. The molecule has 0 spiro atoms. The molecule has 0 heterocycles. The fourth-order valence-corrected chi connectivity index (χ4v) is 2.42. The van der Waals surface area contributed by atoms with Crippen molar-refractivity contribution in [1.82, 2.24) is 0 Å². The minimum Gasteiger partial charge on any atom is -0.324 e. The second kappa shape index (κ2) is 4.80. The lowest BCUT2D eigenvalue weighted by molar-refractivity contribution is 0.569. The summed E-state index contributed by atoms with van der Waals surface area (Å²) in [4.78, 5) is 0. The zero-order chi connectivity index (χ0) is 10.7. The summed E-state index contributed by atoms with van der Waals surface area (Å²) in [5, 5.41) is 0. The van der Waals surface area contributed by atoms with Gasteiger partial charge in [-0.1, -0.05) is 31.5 Å². The van der Waals surface area contributed by atoms with Gasteiger partial charge < -0.3 is 5.73 Å². The lowest BCUT2D eigenvalue weighted by Gasteiger charge is -2.22. The molecule has 1 heteroatoms. The van der Waals surface area contributed by atoms with Gasteiger partial charge in [0.25, 0.3) is 0 Å². The highest BCUT2D eigenvalue weighted by Gasteiger charge is 2.16. The van der Waals surface area contributed by atoms with Gasteiger partial charge in [-0.3, -0.25) is 0 Å². The molecule has 15 heavy (non-hydrogen) atoms. The highest BCUT2D eigenvalue weighted by Crippen LogP contribution is 2.28. The van der Waals surface area contributed by atoms with Crippen molar-refractivity contribution in [2.45, 2.75) is 51.5 Å². The Kier molecular flexibility index (Phi) is 3.42. The topological polar surface area (TPSA) is 26.0 Å². The Morgan fingerprint density at radius 1 is 1.40 bits per heavy atom. The van der Waals surface area contributed by atoms with Crippen LogP contribution in [0.2, 0.25) is 0 Å². The van der Waals surface area contributed by atoms with Gasteiger partial charge in [0, 0.05) is 6.04 Å². The van der Waals surface area contributed by atoms with Crippen molar-refractivity contribution >= 4 is 0 Å². The van der Waals surface area contributed by atoms with Crippen molar-refractivity contribution in [3.8, 4) is 0 Å². The molecule has 1 atom stereocenters. The summed E-state index contributed by atoms with van der Waals surface area (Å²) in [6, 6.07) is 7.20. The first-order chi connectivity index (χ1) is 7.31. The van der Waals surface area contributed by atoms with Crippen LogP contribution in [-0.4, -0.2) is 0 Å². The second-order valence-corrected chi connectivity index (χ2v) is 4.64. The number of fused-ring (bicyclic) bond motifs is 1. The van der Waals surface area contributed by atoms with Gasteiger partial charge in [0.15, 0.2) is 0 Å². The van der Waals surface area contributed by atoms with E-state index in [9.17, 15) is 0 Å². The van der Waals surface area contributed by atoms with Gasteiger partial charge in [0.2, 0.25) is 0 Å². The molecule has 0 radical (unpaired) electrons. The lowest BCUT2D eigenvalue weighted by atomic mass is 9.86. The Labute approximate surface area is 92.7 Å². The average molecular weight is 203 g/mol. The van der Waals surface area contributed by atoms with Crippen LogP contribution in [0.15, 0.2) is 18.2 Å². The van der Waals surface area contributed by atoms with Gasteiger partial charge in [-0.15, -0.1) is 0 Å². The highest BCUT2D eigenvalue weighted by molar-refractivity contribution is 5.36. The first-order valence-corrected chi connectivity index (χ1v) is 6.18. The molecule has 0 aromatic heterocycles. The van der Waals surface area contributed by atoms with Crippen LogP contribution in [0.25, 0.3) is 0 Å². The fraction of sp³-hybridized carbons (Fsp3) is 0.571. The fourth-order valence-electron chi connectivity index (χ4n) is 2.42. The van der Waals surface area contributed by atoms with E-state index in [4.69, 9.17) is 5.73 Å². The van der Waals surface area contributed by atoms with Crippen LogP contribution >= 0.6 is 0 Å². The van der Waals surface area contributed by atoms with Crippen molar-refractivity contribution in [3.63, 3.8) is 0 Å². The lowest BCUT2D eigenvalue weighted by Crippen LogP contribution is -2.17. The van der Waals surface area contributed by atoms with Gasteiger partial charge in [-0.05, 0) is 48.8 Å². The van der Waals surface area contributed by atoms with E-state index < -0.39 is 0 Å². The molecule has 0 bridgehead atoms. The third-order valence-corrected chi connectivity index (χ3v) is 3.39. The molecular formula is C14H21N. The molecule has 0 fully saturated rings. The van der Waals surface area contributed by atoms with Gasteiger partial charge in [0.1, 0.15) is 0 Å². The van der Waals surface area contributed by atoms with Crippen molar-refractivity contribution < 1.29 is 0 Å². The third-order valence-electron chi connectivity index (χ3n) is 3.39. The predicted octanol–water partition coefficient (Wildman–Crippen LogP) is 3.37. The maximum absolute atomic E-state index is 6.14. The zero-order valence-corrected chi connectivity index (χ0v) is 9.63. The van der Waals surface area contributed by atoms with Crippen LogP contribution < -0.4 is 5.73 Å². The maximum Gasteiger partial charge on any atom is 0.0297 e. The average Bonchev–Trinajstić information content (AvgIpc) is 2.27. The van der Waals surface area contributed by atoms with E-state index >= 15 is 0 Å². The molecule has 1 nitrogen and oxygen atoms in total. The number of aryl methyl sites for hydroxylation is 2. The SMILES string of the molecule is CCCCc1ccc2c(c1)[C@@H](N)CCC2. The molecule has 0 aliphatic heterocycles. The second-order valence-electron chi connectivity index (χ2n) is 4.64. The van der Waals surface area contributed by atoms with Crippen molar-refractivity contribution in [3.05, 3.63) is 34.9 Å². The van der Waals surface area contributed by atoms with E-state index in [-0.39, 0.29) is 6.04 Å². The van der Waals surface area contributed by atoms with Gasteiger partial charge in [-0.2, -0.15) is 0 Å². The van der Waals surface area contributed by atoms with E-state index in [0.717, 1.165) is 6.42 Å². The Morgan fingerprint density at radius 2 is 2.27 bits per heavy atom. The van der Waals surface area contributed by atoms with Gasteiger partial charge >= 0.3 is 0 Å². The number of hydrogen-bond donors (Lipinski definition) is 1. The highest BCUT2D eigenvalue weighted by atomic mass is 14.6. The largest absolute Gasteiger partial charge is 0.324 e. The summed E-state index contributed by atoms with van der Waals surface area (Å²) in [5.41, 5.74) is 10.5. The van der Waals surface area contributed by atoms with E-state index in [1.807, 2.05) is 0 Å². The Hall–Kier alpha value is -0.820. The monoisotopic (exact) mass is 203 g/mol. The molecule has 2 N–H and O–H groups in total. The molecular weight excluding hydrogens is 182 g/mol. The van der Waals surface area contributed by atoms with E-state index in [1.54, 1.807) is 0 Å². The van der Waals surface area contributed by atoms with Gasteiger partial charge in [0.05, 0.1) is 0 Å². The summed E-state index contributed by atoms with van der Waals surface area (Å²) in [5.74, 6) is 0. The minimum atomic E-state index is 0.287. The molecule has 0 saturated heterocycles. The first-order valence-electron chi connectivity index (χ1n) is 6.18. The minimum absolute atomic E-state index is 0.287. The molecule has 2 rings (SSSR count). The quantitative estimate of drug-likeness (QED) is 0.801. The summed E-state index contributed by atoms with van der Waals surface area (Å²) >= 11 is 0. The molecule has 0 saturated carbocycles. The zero-order valence-electron chi connectivity index (χ0n) is 9.63. The number of nitrogens with two attached hydrogens (primary N) is 1. The first kappa shape index (κ1) is 10.7. The van der Waals surface area contributed by atoms with Crippen LogP contribution in [0.1, 0.15) is 55.3 Å². The van der Waals surface area contributed by atoms with E-state index in [2.05, 4.69) is 25.1 Å². The normalized spacial score (nSPS) is 20.0. The van der Waals surface area contributed by atoms with E-state index in [1.165, 1.54) is 48.8 Å².